The summed E-state index contributed by atoms with van der Waals surface area (Å²) in [7, 11) is 0. The molecule has 0 aliphatic carbocycles. The fourth-order valence-corrected chi connectivity index (χ4v) is 5.46. The molecule has 1 atom stereocenters. The van der Waals surface area contributed by atoms with Gasteiger partial charge in [0.1, 0.15) is 17.7 Å². The van der Waals surface area contributed by atoms with E-state index in [9.17, 15) is 18.8 Å². The fourth-order valence-electron chi connectivity index (χ4n) is 5.46. The van der Waals surface area contributed by atoms with Gasteiger partial charge < -0.3 is 14.8 Å². The lowest BCUT2D eigenvalue weighted by molar-refractivity contribution is -0.136. The van der Waals surface area contributed by atoms with E-state index in [1.807, 2.05) is 36.5 Å². The summed E-state index contributed by atoms with van der Waals surface area (Å²) in [5.74, 6) is -0.749. The molecule has 37 heavy (non-hydrogen) atoms. The highest BCUT2D eigenvalue weighted by molar-refractivity contribution is 6.06. The van der Waals surface area contributed by atoms with E-state index >= 15 is 0 Å². The van der Waals surface area contributed by atoms with Crippen LogP contribution >= 0.6 is 0 Å². The van der Waals surface area contributed by atoms with Crippen LogP contribution in [0.1, 0.15) is 34.6 Å². The van der Waals surface area contributed by atoms with Crippen molar-refractivity contribution in [1.82, 2.24) is 25.1 Å². The smallest absolute Gasteiger partial charge is 0.255 e. The number of imide groups is 1. The van der Waals surface area contributed by atoms with Crippen LogP contribution in [0.2, 0.25) is 0 Å². The van der Waals surface area contributed by atoms with E-state index in [0.717, 1.165) is 35.7 Å². The minimum absolute atomic E-state index is 0.183. The van der Waals surface area contributed by atoms with Gasteiger partial charge in [-0.25, -0.2) is 9.37 Å². The molecule has 9 nitrogen and oxygen atoms in total. The van der Waals surface area contributed by atoms with Crippen LogP contribution in [-0.4, -0.2) is 69.7 Å². The molecule has 3 aliphatic rings. The predicted molar refractivity (Wildman–Crippen MR) is 134 cm³/mol. The van der Waals surface area contributed by atoms with Crippen LogP contribution in [0.5, 0.6) is 0 Å². The monoisotopic (exact) mass is 502 g/mol. The van der Waals surface area contributed by atoms with E-state index in [0.29, 0.717) is 30.9 Å². The van der Waals surface area contributed by atoms with Crippen molar-refractivity contribution in [2.45, 2.75) is 32.0 Å². The average molecular weight is 503 g/mol. The Morgan fingerprint density at radius 2 is 1.81 bits per heavy atom. The van der Waals surface area contributed by atoms with Crippen molar-refractivity contribution < 1.29 is 18.8 Å². The molecule has 3 aromatic rings. The number of rotatable bonds is 5. The van der Waals surface area contributed by atoms with Gasteiger partial charge in [0, 0.05) is 56.0 Å². The first kappa shape index (κ1) is 23.4. The summed E-state index contributed by atoms with van der Waals surface area (Å²) in [4.78, 5) is 50.9. The second kappa shape index (κ2) is 9.44. The zero-order valence-corrected chi connectivity index (χ0v) is 20.2. The number of aromatic amines is 1. The molecule has 10 heteroatoms. The number of piperazine rings is 1. The molecule has 2 saturated heterocycles. The lowest BCUT2D eigenvalue weighted by Crippen LogP contribution is -2.52. The second-order valence-electron chi connectivity index (χ2n) is 9.72. The number of hydrogen-bond acceptors (Lipinski definition) is 6. The fraction of sp³-hybridized carbons (Fsp3) is 0.333. The van der Waals surface area contributed by atoms with Gasteiger partial charge in [-0.3, -0.25) is 24.6 Å². The molecular weight excluding hydrogens is 475 g/mol. The minimum Gasteiger partial charge on any atom is -0.369 e. The molecule has 0 radical (unpaired) electrons. The third-order valence-corrected chi connectivity index (χ3v) is 7.40. The molecule has 0 spiro atoms. The third-order valence-electron chi connectivity index (χ3n) is 7.40. The molecule has 1 aromatic heterocycles. The first-order valence-electron chi connectivity index (χ1n) is 12.5. The van der Waals surface area contributed by atoms with Gasteiger partial charge in [0.05, 0.1) is 18.4 Å². The maximum Gasteiger partial charge on any atom is 0.255 e. The van der Waals surface area contributed by atoms with E-state index < -0.39 is 17.8 Å². The number of benzene rings is 2. The van der Waals surface area contributed by atoms with Crippen molar-refractivity contribution in [3.05, 3.63) is 71.4 Å². The van der Waals surface area contributed by atoms with Crippen molar-refractivity contribution in [2.24, 2.45) is 0 Å². The van der Waals surface area contributed by atoms with Crippen LogP contribution in [0.15, 0.2) is 48.7 Å². The molecule has 2 aromatic carbocycles. The van der Waals surface area contributed by atoms with E-state index in [2.05, 4.69) is 25.1 Å². The molecule has 6 rings (SSSR count). The number of piperidine rings is 1. The Bertz CT molecular complexity index is 1370. The van der Waals surface area contributed by atoms with Gasteiger partial charge >= 0.3 is 0 Å². The van der Waals surface area contributed by atoms with Crippen LogP contribution in [0.25, 0.3) is 11.3 Å². The highest BCUT2D eigenvalue weighted by atomic mass is 19.1. The number of amides is 3. The summed E-state index contributed by atoms with van der Waals surface area (Å²) in [6.07, 6.45) is 2.31. The molecule has 190 valence electrons. The van der Waals surface area contributed by atoms with E-state index in [-0.39, 0.29) is 31.2 Å². The lowest BCUT2D eigenvalue weighted by Gasteiger charge is -2.36. The number of halogens is 1. The number of nitrogens with one attached hydrogen (secondary N) is 2. The van der Waals surface area contributed by atoms with E-state index in [1.54, 1.807) is 0 Å². The van der Waals surface area contributed by atoms with Gasteiger partial charge in [0.25, 0.3) is 5.91 Å². The van der Waals surface area contributed by atoms with Crippen molar-refractivity contribution in [1.29, 1.82) is 0 Å². The third kappa shape index (κ3) is 4.48. The first-order chi connectivity index (χ1) is 18.0. The number of H-pyrrole nitrogens is 1. The predicted octanol–water partition coefficient (Wildman–Crippen LogP) is 2.30. The Morgan fingerprint density at radius 1 is 1.03 bits per heavy atom. The van der Waals surface area contributed by atoms with Crippen LogP contribution in [-0.2, 0) is 22.7 Å². The number of anilines is 1. The molecular formula is C27H27FN6O3. The standard InChI is InChI=1S/C27H27FN6O3/c28-18-12-19-20(15-34(27(19)37)22-6-7-25(35)31-26(22)36)23(13-18)33-10-8-32(9-11-33)16-24-29-14-21(30-24)17-4-2-1-3-5-17/h1-5,12-14,22H,6-11,15-16H2,(H,29,30)(H,31,35,36). The maximum absolute atomic E-state index is 14.6. The first-order valence-corrected chi connectivity index (χ1v) is 12.5. The van der Waals surface area contributed by atoms with Crippen molar-refractivity contribution in [3.63, 3.8) is 0 Å². The highest BCUT2D eigenvalue weighted by Crippen LogP contribution is 2.35. The Hall–Kier alpha value is -4.05. The van der Waals surface area contributed by atoms with Gasteiger partial charge in [-0.15, -0.1) is 0 Å². The van der Waals surface area contributed by atoms with Gasteiger partial charge in [-0.1, -0.05) is 30.3 Å². The zero-order valence-electron chi connectivity index (χ0n) is 20.2. The van der Waals surface area contributed by atoms with Gasteiger partial charge in [-0.2, -0.15) is 0 Å². The Labute approximate surface area is 213 Å². The van der Waals surface area contributed by atoms with E-state index in [4.69, 9.17) is 0 Å². The quantitative estimate of drug-likeness (QED) is 0.520. The number of fused-ring (bicyclic) bond motifs is 1. The Morgan fingerprint density at radius 3 is 2.57 bits per heavy atom. The number of nitrogens with zero attached hydrogens (tertiary/aromatic N) is 4. The average Bonchev–Trinajstić information content (AvgIpc) is 3.49. The minimum atomic E-state index is -0.723. The number of hydrogen-bond donors (Lipinski definition) is 2. The largest absolute Gasteiger partial charge is 0.369 e. The molecule has 3 aliphatic heterocycles. The Kier molecular flexibility index (Phi) is 5.96. The van der Waals surface area contributed by atoms with Crippen LogP contribution in [0.3, 0.4) is 0 Å². The molecule has 2 N–H and O–H groups in total. The van der Waals surface area contributed by atoms with Crippen LogP contribution in [0, 0.1) is 5.82 Å². The summed E-state index contributed by atoms with van der Waals surface area (Å²) < 4.78 is 14.6. The van der Waals surface area contributed by atoms with Crippen LogP contribution in [0.4, 0.5) is 10.1 Å². The van der Waals surface area contributed by atoms with Crippen molar-refractivity contribution >= 4 is 23.4 Å². The number of carbonyl (C=O) groups excluding carboxylic acids is 3. The highest BCUT2D eigenvalue weighted by Gasteiger charge is 2.41. The maximum atomic E-state index is 14.6. The summed E-state index contributed by atoms with van der Waals surface area (Å²) in [5.41, 5.74) is 3.80. The van der Waals surface area contributed by atoms with Crippen molar-refractivity contribution in [3.8, 4) is 11.3 Å². The SMILES string of the molecule is O=C1CCC(N2Cc3c(cc(F)cc3N3CCN(Cc4ncc(-c5ccccc5)[nH]4)CC3)C2=O)C(=O)N1. The molecule has 3 amide bonds. The zero-order chi connectivity index (χ0) is 25.5. The molecule has 1 unspecified atom stereocenters. The number of aromatic nitrogens is 2. The van der Waals surface area contributed by atoms with Gasteiger partial charge in [0.2, 0.25) is 11.8 Å². The lowest BCUT2D eigenvalue weighted by atomic mass is 10.0. The van der Waals surface area contributed by atoms with E-state index in [1.165, 1.54) is 17.0 Å². The van der Waals surface area contributed by atoms with Crippen molar-refractivity contribution in [2.75, 3.05) is 31.1 Å². The summed E-state index contributed by atoms with van der Waals surface area (Å²) >= 11 is 0. The number of imidazole rings is 1. The summed E-state index contributed by atoms with van der Waals surface area (Å²) in [5, 5.41) is 2.31. The molecule has 4 heterocycles. The number of carbonyl (C=O) groups is 3. The summed E-state index contributed by atoms with van der Waals surface area (Å²) in [6, 6.07) is 12.1. The van der Waals surface area contributed by atoms with Gasteiger partial charge in [0.15, 0.2) is 0 Å². The Balaban J connectivity index is 1.14. The topological polar surface area (TPSA) is 102 Å². The normalized spacial score (nSPS) is 20.4. The van der Waals surface area contributed by atoms with Crippen LogP contribution < -0.4 is 10.2 Å². The molecule has 0 saturated carbocycles. The summed E-state index contributed by atoms with van der Waals surface area (Å²) in [6.45, 7) is 3.78. The molecule has 2 fully saturated rings. The molecule has 0 bridgehead atoms. The second-order valence-corrected chi connectivity index (χ2v) is 9.72. The van der Waals surface area contributed by atoms with Gasteiger partial charge in [-0.05, 0) is 24.1 Å².